The number of hydrogen-bond acceptors (Lipinski definition) is 7. The molecule has 1 aromatic heterocycles. The van der Waals surface area contributed by atoms with Gasteiger partial charge >= 0.3 is 11.7 Å². The summed E-state index contributed by atoms with van der Waals surface area (Å²) in [5.74, 6) is -0.816. The number of alkyl halides is 2. The van der Waals surface area contributed by atoms with E-state index in [9.17, 15) is 23.9 Å². The van der Waals surface area contributed by atoms with Crippen LogP contribution in [0.3, 0.4) is 0 Å². The molecule has 0 amide bonds. The van der Waals surface area contributed by atoms with Gasteiger partial charge < -0.3 is 14.6 Å². The summed E-state index contributed by atoms with van der Waals surface area (Å²) < 4.78 is 26.8. The van der Waals surface area contributed by atoms with Crippen LogP contribution in [-0.4, -0.2) is 45.2 Å². The molecule has 13 heteroatoms. The molecular weight excluding hydrogens is 516 g/mol. The Morgan fingerprint density at radius 3 is 2.90 bits per heavy atom. The van der Waals surface area contributed by atoms with Gasteiger partial charge in [-0.15, -0.1) is 0 Å². The predicted molar refractivity (Wildman–Crippen MR) is 109 cm³/mol. The van der Waals surface area contributed by atoms with E-state index in [0.717, 1.165) is 22.4 Å². The van der Waals surface area contributed by atoms with E-state index in [1.807, 2.05) is 11.1 Å². The highest BCUT2D eigenvalue weighted by atomic mass is 127. The molecule has 1 saturated heterocycles. The fourth-order valence-electron chi connectivity index (χ4n) is 2.93. The van der Waals surface area contributed by atoms with Gasteiger partial charge in [-0.2, -0.15) is 0 Å². The number of azide groups is 1. The smallest absolute Gasteiger partial charge is 0.338 e. The lowest BCUT2D eigenvalue weighted by molar-refractivity contribution is -0.118. The summed E-state index contributed by atoms with van der Waals surface area (Å²) in [6, 6.07) is 7.52. The quantitative estimate of drug-likeness (QED) is 0.144. The van der Waals surface area contributed by atoms with E-state index in [2.05, 4.69) is 32.6 Å². The molecule has 2 aromatic rings. The minimum absolute atomic E-state index is 0.197. The average molecular weight is 531 g/mol. The number of carbonyl (C=O) groups excluding carboxylic acids is 1. The van der Waals surface area contributed by atoms with Gasteiger partial charge in [0.15, 0.2) is 12.4 Å². The number of halogens is 2. The van der Waals surface area contributed by atoms with Crippen LogP contribution in [0.5, 0.6) is 0 Å². The van der Waals surface area contributed by atoms with Crippen molar-refractivity contribution in [1.82, 2.24) is 9.55 Å². The van der Waals surface area contributed by atoms with Crippen molar-refractivity contribution >= 4 is 28.6 Å². The average Bonchev–Trinajstić information content (AvgIpc) is 2.98. The van der Waals surface area contributed by atoms with Crippen molar-refractivity contribution < 1.29 is 23.8 Å². The Morgan fingerprint density at radius 1 is 1.47 bits per heavy atom. The SMILES string of the molecule is [N-]=[N+]=N[C@]1(COC(=O)c2cccc(CI)c2)OC(n2ccc(=O)[nH]c2=O)[C@H](O)[C@@H]1F. The number of rotatable bonds is 6. The molecule has 11 nitrogen and oxygen atoms in total. The number of hydrogen-bond donors (Lipinski definition) is 2. The zero-order chi connectivity index (χ0) is 21.9. The lowest BCUT2D eigenvalue weighted by Crippen LogP contribution is -2.43. The Hall–Kier alpha value is -2.74. The first-order valence-electron chi connectivity index (χ1n) is 8.51. The molecular formula is C17H15FIN5O6. The van der Waals surface area contributed by atoms with Crippen molar-refractivity contribution in [2.24, 2.45) is 5.11 Å². The summed E-state index contributed by atoms with van der Waals surface area (Å²) in [4.78, 5) is 40.0. The normalized spacial score (nSPS) is 25.5. The van der Waals surface area contributed by atoms with Gasteiger partial charge in [-0.1, -0.05) is 39.8 Å². The summed E-state index contributed by atoms with van der Waals surface area (Å²) in [6.45, 7) is -0.850. The second kappa shape index (κ2) is 8.95. The molecule has 1 unspecified atom stereocenters. The molecule has 2 N–H and O–H groups in total. The zero-order valence-corrected chi connectivity index (χ0v) is 17.3. The van der Waals surface area contributed by atoms with Crippen molar-refractivity contribution in [3.63, 3.8) is 0 Å². The Labute approximate surface area is 181 Å². The van der Waals surface area contributed by atoms with Crippen LogP contribution in [0.2, 0.25) is 0 Å². The van der Waals surface area contributed by atoms with E-state index in [1.165, 1.54) is 6.07 Å². The molecule has 0 spiro atoms. The minimum atomic E-state index is -2.41. The van der Waals surface area contributed by atoms with E-state index < -0.39 is 48.1 Å². The van der Waals surface area contributed by atoms with Crippen LogP contribution in [0.1, 0.15) is 22.1 Å². The van der Waals surface area contributed by atoms with Crippen LogP contribution in [-0.2, 0) is 13.9 Å². The molecule has 1 fully saturated rings. The van der Waals surface area contributed by atoms with E-state index in [0.29, 0.717) is 4.43 Å². The van der Waals surface area contributed by atoms with E-state index in [1.54, 1.807) is 12.1 Å². The number of aliphatic hydroxyl groups excluding tert-OH is 1. The monoisotopic (exact) mass is 531 g/mol. The topological polar surface area (TPSA) is 159 Å². The first kappa shape index (κ1) is 22.0. The number of aliphatic hydroxyl groups is 1. The lowest BCUT2D eigenvalue weighted by atomic mass is 10.1. The Balaban J connectivity index is 1.86. The highest BCUT2D eigenvalue weighted by molar-refractivity contribution is 14.1. The first-order valence-corrected chi connectivity index (χ1v) is 10.0. The first-order chi connectivity index (χ1) is 14.3. The molecule has 4 atom stereocenters. The van der Waals surface area contributed by atoms with Gasteiger partial charge in [0.05, 0.1) is 5.56 Å². The molecule has 1 aliphatic heterocycles. The fraction of sp³-hybridized carbons (Fsp3) is 0.353. The highest BCUT2D eigenvalue weighted by Gasteiger charge is 2.57. The van der Waals surface area contributed by atoms with Gasteiger partial charge in [-0.3, -0.25) is 14.3 Å². The number of nitrogens with one attached hydrogen (secondary N) is 1. The Morgan fingerprint density at radius 2 is 2.23 bits per heavy atom. The standard InChI is InChI=1S/C17H15FIN5O6/c18-13-12(26)14(24-5-4-11(25)21-16(24)28)30-17(13,22-23-20)8-29-15(27)10-3-1-2-9(6-10)7-19/h1-6,12-14,26H,7-8H2,(H,21,25,28)/t12-,13+,14?,17-/m1/s1. The van der Waals surface area contributed by atoms with Gasteiger partial charge in [0.25, 0.3) is 5.56 Å². The lowest BCUT2D eigenvalue weighted by Gasteiger charge is -2.25. The number of carbonyl (C=O) groups is 1. The van der Waals surface area contributed by atoms with Crippen molar-refractivity contribution in [2.75, 3.05) is 6.61 Å². The molecule has 3 rings (SSSR count). The third kappa shape index (κ3) is 4.23. The second-order valence-corrected chi connectivity index (χ2v) is 7.13. The van der Waals surface area contributed by atoms with E-state index in [4.69, 9.17) is 15.0 Å². The largest absolute Gasteiger partial charge is 0.459 e. The number of H-pyrrole nitrogens is 1. The van der Waals surface area contributed by atoms with Crippen molar-refractivity contribution in [3.05, 3.63) is 78.9 Å². The van der Waals surface area contributed by atoms with Gasteiger partial charge in [0, 0.05) is 21.6 Å². The second-order valence-electron chi connectivity index (χ2n) is 6.36. The molecule has 2 heterocycles. The Bertz CT molecular complexity index is 1120. The van der Waals surface area contributed by atoms with Crippen molar-refractivity contribution in [3.8, 4) is 0 Å². The number of nitrogens with zero attached hydrogens (tertiary/aromatic N) is 4. The summed E-state index contributed by atoms with van der Waals surface area (Å²) in [5.41, 5.74) is 5.84. The number of aromatic amines is 1. The van der Waals surface area contributed by atoms with Gasteiger partial charge in [0.1, 0.15) is 12.7 Å². The number of benzene rings is 1. The van der Waals surface area contributed by atoms with Crippen LogP contribution in [0.15, 0.2) is 51.2 Å². The summed E-state index contributed by atoms with van der Waals surface area (Å²) >= 11 is 2.12. The molecule has 1 aromatic carbocycles. The van der Waals surface area contributed by atoms with Crippen molar-refractivity contribution in [1.29, 1.82) is 0 Å². The van der Waals surface area contributed by atoms with E-state index in [-0.39, 0.29) is 5.56 Å². The van der Waals surface area contributed by atoms with Crippen LogP contribution in [0.4, 0.5) is 4.39 Å². The van der Waals surface area contributed by atoms with Gasteiger partial charge in [-0.05, 0) is 23.2 Å². The van der Waals surface area contributed by atoms with Crippen LogP contribution < -0.4 is 11.2 Å². The molecule has 158 valence electrons. The maximum atomic E-state index is 14.9. The number of aromatic nitrogens is 2. The van der Waals surface area contributed by atoms with Crippen LogP contribution >= 0.6 is 22.6 Å². The maximum Gasteiger partial charge on any atom is 0.338 e. The van der Waals surface area contributed by atoms with Crippen LogP contribution in [0.25, 0.3) is 10.4 Å². The Kier molecular flexibility index (Phi) is 6.55. The summed E-state index contributed by atoms with van der Waals surface area (Å²) in [6.07, 6.45) is -4.91. The van der Waals surface area contributed by atoms with Gasteiger partial charge in [-0.25, -0.2) is 14.0 Å². The molecule has 0 saturated carbocycles. The zero-order valence-electron chi connectivity index (χ0n) is 15.1. The third-order valence-electron chi connectivity index (χ3n) is 4.41. The predicted octanol–water partition coefficient (Wildman–Crippen LogP) is 1.56. The molecule has 0 bridgehead atoms. The van der Waals surface area contributed by atoms with Crippen LogP contribution in [0, 0.1) is 0 Å². The molecule has 30 heavy (non-hydrogen) atoms. The number of esters is 1. The van der Waals surface area contributed by atoms with Crippen molar-refractivity contribution in [2.45, 2.75) is 28.7 Å². The van der Waals surface area contributed by atoms with Gasteiger partial charge in [0.2, 0.25) is 5.72 Å². The third-order valence-corrected chi connectivity index (χ3v) is 5.29. The molecule has 1 aliphatic rings. The highest BCUT2D eigenvalue weighted by Crippen LogP contribution is 2.40. The fourth-order valence-corrected chi connectivity index (χ4v) is 3.41. The summed E-state index contributed by atoms with van der Waals surface area (Å²) in [7, 11) is 0. The summed E-state index contributed by atoms with van der Waals surface area (Å²) in [5, 5.41) is 13.5. The maximum absolute atomic E-state index is 14.9. The minimum Gasteiger partial charge on any atom is -0.459 e. The van der Waals surface area contributed by atoms with E-state index >= 15 is 0 Å². The molecule has 0 aliphatic carbocycles. The number of ether oxygens (including phenoxy) is 2. The molecule has 0 radical (unpaired) electrons.